The highest BCUT2D eigenvalue weighted by Crippen LogP contribution is 2.35. The fourth-order valence-electron chi connectivity index (χ4n) is 4.62. The van der Waals surface area contributed by atoms with E-state index in [4.69, 9.17) is 0 Å². The van der Waals surface area contributed by atoms with Gasteiger partial charge in [-0.25, -0.2) is 0 Å². The predicted molar refractivity (Wildman–Crippen MR) is 92.7 cm³/mol. The molecule has 1 aromatic rings. The molecule has 4 rings (SSSR count). The van der Waals surface area contributed by atoms with E-state index < -0.39 is 0 Å². The topological polar surface area (TPSA) is 35.6 Å². The number of likely N-dealkylation sites (tertiary alicyclic amines) is 1. The Hall–Kier alpha value is -1.39. The van der Waals surface area contributed by atoms with Crippen LogP contribution in [0.25, 0.3) is 0 Å². The summed E-state index contributed by atoms with van der Waals surface area (Å²) in [6.07, 6.45) is 5.26. The molecular formula is C19H27N3O. The van der Waals surface area contributed by atoms with Gasteiger partial charge in [-0.2, -0.15) is 0 Å². The van der Waals surface area contributed by atoms with Crippen LogP contribution >= 0.6 is 0 Å². The number of nitrogens with one attached hydrogen (secondary N) is 1. The molecule has 0 unspecified atom stereocenters. The number of hydrogen-bond donors (Lipinski definition) is 1. The van der Waals surface area contributed by atoms with Gasteiger partial charge in [-0.1, -0.05) is 18.2 Å². The lowest BCUT2D eigenvalue weighted by atomic mass is 9.86. The molecule has 0 atom stereocenters. The first-order chi connectivity index (χ1) is 11.2. The summed E-state index contributed by atoms with van der Waals surface area (Å²) < 4.78 is 0. The van der Waals surface area contributed by atoms with Gasteiger partial charge < -0.3 is 10.2 Å². The van der Waals surface area contributed by atoms with Crippen LogP contribution in [0.3, 0.4) is 0 Å². The maximum Gasteiger partial charge on any atom is 0.231 e. The van der Waals surface area contributed by atoms with Crippen LogP contribution in [0, 0.1) is 0 Å². The van der Waals surface area contributed by atoms with Crippen molar-refractivity contribution in [1.29, 1.82) is 0 Å². The fraction of sp³-hybridized carbons (Fsp3) is 0.632. The summed E-state index contributed by atoms with van der Waals surface area (Å²) >= 11 is 0. The van der Waals surface area contributed by atoms with Gasteiger partial charge in [-0.05, 0) is 57.3 Å². The number of piperidine rings is 2. The maximum atomic E-state index is 12.5. The Morgan fingerprint density at radius 1 is 1.13 bits per heavy atom. The van der Waals surface area contributed by atoms with Gasteiger partial charge in [0.15, 0.2) is 0 Å². The Kier molecular flexibility index (Phi) is 3.90. The third kappa shape index (κ3) is 2.68. The van der Waals surface area contributed by atoms with Crippen LogP contribution < -0.4 is 10.2 Å². The van der Waals surface area contributed by atoms with Crippen molar-refractivity contribution in [3.05, 3.63) is 29.8 Å². The van der Waals surface area contributed by atoms with Crippen LogP contribution in [-0.4, -0.2) is 48.6 Å². The minimum atomic E-state index is 0.290. The minimum Gasteiger partial charge on any atom is -0.317 e. The van der Waals surface area contributed by atoms with Crippen LogP contribution in [0.2, 0.25) is 0 Å². The van der Waals surface area contributed by atoms with E-state index >= 15 is 0 Å². The van der Waals surface area contributed by atoms with Gasteiger partial charge in [-0.15, -0.1) is 0 Å². The molecule has 0 radical (unpaired) electrons. The number of benzene rings is 1. The normalized spacial score (nSPS) is 25.6. The zero-order chi connectivity index (χ0) is 15.9. The van der Waals surface area contributed by atoms with Crippen molar-refractivity contribution in [2.75, 3.05) is 31.1 Å². The van der Waals surface area contributed by atoms with E-state index in [0.29, 0.717) is 18.0 Å². The summed E-state index contributed by atoms with van der Waals surface area (Å²) in [6, 6.07) is 8.68. The van der Waals surface area contributed by atoms with Crippen molar-refractivity contribution in [1.82, 2.24) is 10.2 Å². The highest BCUT2D eigenvalue weighted by molar-refractivity contribution is 6.01. The maximum absolute atomic E-state index is 12.5. The van der Waals surface area contributed by atoms with Gasteiger partial charge in [0.1, 0.15) is 0 Å². The number of anilines is 1. The Morgan fingerprint density at radius 3 is 2.57 bits per heavy atom. The van der Waals surface area contributed by atoms with E-state index in [1.807, 2.05) is 6.07 Å². The summed E-state index contributed by atoms with van der Waals surface area (Å²) in [5.41, 5.74) is 2.71. The molecule has 4 nitrogen and oxygen atoms in total. The first-order valence-corrected chi connectivity index (χ1v) is 9.03. The van der Waals surface area contributed by atoms with Crippen molar-refractivity contribution >= 4 is 11.6 Å². The fourth-order valence-corrected chi connectivity index (χ4v) is 4.62. The smallest absolute Gasteiger partial charge is 0.231 e. The lowest BCUT2D eigenvalue weighted by Gasteiger charge is -2.48. The number of rotatable bonds is 2. The lowest BCUT2D eigenvalue weighted by Crippen LogP contribution is -2.57. The second-order valence-corrected chi connectivity index (χ2v) is 7.53. The van der Waals surface area contributed by atoms with E-state index in [1.54, 1.807) is 0 Å². The number of para-hydroxylation sites is 1. The zero-order valence-corrected chi connectivity index (χ0v) is 14.1. The van der Waals surface area contributed by atoms with Crippen LogP contribution in [0.1, 0.15) is 38.2 Å². The molecule has 0 aliphatic carbocycles. The van der Waals surface area contributed by atoms with E-state index in [1.165, 1.54) is 18.4 Å². The van der Waals surface area contributed by atoms with E-state index in [9.17, 15) is 4.79 Å². The van der Waals surface area contributed by atoms with Gasteiger partial charge in [0.2, 0.25) is 5.91 Å². The Balaban J connectivity index is 1.45. The Bertz CT molecular complexity index is 586. The van der Waals surface area contributed by atoms with Crippen molar-refractivity contribution < 1.29 is 4.79 Å². The molecule has 1 amide bonds. The second-order valence-electron chi connectivity index (χ2n) is 7.53. The Labute approximate surface area is 138 Å². The zero-order valence-electron chi connectivity index (χ0n) is 14.1. The molecule has 0 aromatic heterocycles. The number of nitrogens with zero attached hydrogens (tertiary/aromatic N) is 2. The molecule has 0 saturated carbocycles. The third-order valence-corrected chi connectivity index (χ3v) is 6.14. The molecule has 4 heteroatoms. The monoisotopic (exact) mass is 313 g/mol. The van der Waals surface area contributed by atoms with Crippen LogP contribution in [0.5, 0.6) is 0 Å². The molecule has 0 bridgehead atoms. The van der Waals surface area contributed by atoms with Crippen LogP contribution in [0.4, 0.5) is 5.69 Å². The standard InChI is InChI=1S/C19H27N3O/c1-19(8-10-20-11-9-19)21-12-6-16(7-13-21)22-17-5-3-2-4-15(17)14-18(22)23/h2-5,16,20H,6-14H2,1H3. The summed E-state index contributed by atoms with van der Waals surface area (Å²) in [7, 11) is 0. The molecule has 3 heterocycles. The molecule has 2 fully saturated rings. The van der Waals surface area contributed by atoms with Crippen molar-refractivity contribution in [3.8, 4) is 0 Å². The minimum absolute atomic E-state index is 0.290. The summed E-state index contributed by atoms with van der Waals surface area (Å²) in [6.45, 7) is 6.92. The van der Waals surface area contributed by atoms with E-state index in [0.717, 1.165) is 44.7 Å². The molecule has 3 aliphatic rings. The molecule has 1 N–H and O–H groups in total. The van der Waals surface area contributed by atoms with Gasteiger partial charge in [0.05, 0.1) is 6.42 Å². The number of carbonyl (C=O) groups is 1. The summed E-state index contributed by atoms with van der Waals surface area (Å²) in [5, 5.41) is 3.47. The SMILES string of the molecule is CC1(N2CCC(N3C(=O)Cc4ccccc43)CC2)CCNCC1. The lowest BCUT2D eigenvalue weighted by molar-refractivity contribution is -0.118. The number of carbonyl (C=O) groups excluding carboxylic acids is 1. The summed E-state index contributed by atoms with van der Waals surface area (Å²) in [5.74, 6) is 0.290. The molecule has 3 aliphatic heterocycles. The van der Waals surface area contributed by atoms with Crippen molar-refractivity contribution in [2.45, 2.75) is 50.6 Å². The molecule has 124 valence electrons. The van der Waals surface area contributed by atoms with Crippen LogP contribution in [-0.2, 0) is 11.2 Å². The molecule has 1 aromatic carbocycles. The number of fused-ring (bicyclic) bond motifs is 1. The average molecular weight is 313 g/mol. The van der Waals surface area contributed by atoms with Gasteiger partial charge >= 0.3 is 0 Å². The Morgan fingerprint density at radius 2 is 1.83 bits per heavy atom. The van der Waals surface area contributed by atoms with Crippen molar-refractivity contribution in [2.24, 2.45) is 0 Å². The molecule has 2 saturated heterocycles. The van der Waals surface area contributed by atoms with Crippen molar-refractivity contribution in [3.63, 3.8) is 0 Å². The molecular weight excluding hydrogens is 286 g/mol. The molecule has 23 heavy (non-hydrogen) atoms. The highest BCUT2D eigenvalue weighted by atomic mass is 16.2. The first kappa shape index (κ1) is 15.2. The molecule has 0 spiro atoms. The highest BCUT2D eigenvalue weighted by Gasteiger charge is 2.39. The quantitative estimate of drug-likeness (QED) is 0.909. The van der Waals surface area contributed by atoms with E-state index in [2.05, 4.69) is 40.2 Å². The van der Waals surface area contributed by atoms with Gasteiger partial charge in [0.25, 0.3) is 0 Å². The summed E-state index contributed by atoms with van der Waals surface area (Å²) in [4.78, 5) is 17.3. The second kappa shape index (κ2) is 5.91. The van der Waals surface area contributed by atoms with Gasteiger partial charge in [-0.3, -0.25) is 9.69 Å². The predicted octanol–water partition coefficient (Wildman–Crippen LogP) is 2.18. The third-order valence-electron chi connectivity index (χ3n) is 6.14. The largest absolute Gasteiger partial charge is 0.317 e. The number of amides is 1. The van der Waals surface area contributed by atoms with Gasteiger partial charge in [0, 0.05) is 30.4 Å². The number of hydrogen-bond acceptors (Lipinski definition) is 3. The first-order valence-electron chi connectivity index (χ1n) is 9.03. The average Bonchev–Trinajstić information content (AvgIpc) is 2.91. The van der Waals surface area contributed by atoms with E-state index in [-0.39, 0.29) is 5.91 Å². The van der Waals surface area contributed by atoms with Crippen LogP contribution in [0.15, 0.2) is 24.3 Å².